The quantitative estimate of drug-likeness (QED) is 0.783. The van der Waals surface area contributed by atoms with Crippen molar-refractivity contribution in [1.82, 2.24) is 20.2 Å². The Balaban J connectivity index is 1.80. The monoisotopic (exact) mass is 326 g/mol. The molecule has 8 heteroatoms. The summed E-state index contributed by atoms with van der Waals surface area (Å²) in [5, 5.41) is 15.0. The number of hydrogen-bond donors (Lipinski definition) is 3. The van der Waals surface area contributed by atoms with E-state index >= 15 is 0 Å². The maximum atomic E-state index is 13.3. The van der Waals surface area contributed by atoms with Gasteiger partial charge < -0.3 is 20.3 Å². The van der Waals surface area contributed by atoms with Crippen molar-refractivity contribution in [3.05, 3.63) is 52.8 Å². The molecule has 0 saturated heterocycles. The third kappa shape index (κ3) is 4.19. The Morgan fingerprint density at radius 3 is 2.91 bits per heavy atom. The van der Waals surface area contributed by atoms with E-state index in [1.54, 1.807) is 17.0 Å². The molecule has 0 aliphatic rings. The van der Waals surface area contributed by atoms with Crippen LogP contribution in [0.1, 0.15) is 17.5 Å². The number of nitrogens with one attached hydrogen (secondary N) is 2. The zero-order chi connectivity index (χ0) is 16.1. The van der Waals surface area contributed by atoms with Crippen molar-refractivity contribution in [2.75, 3.05) is 6.54 Å². The van der Waals surface area contributed by atoms with E-state index in [-0.39, 0.29) is 18.1 Å². The highest BCUT2D eigenvalue weighted by Crippen LogP contribution is 2.19. The average molecular weight is 327 g/mol. The summed E-state index contributed by atoms with van der Waals surface area (Å²) in [6, 6.07) is 3.55. The molecule has 0 saturated carbocycles. The van der Waals surface area contributed by atoms with Crippen LogP contribution in [0, 0.1) is 5.82 Å². The largest absolute Gasteiger partial charge is 0.387 e. The topological polar surface area (TPSA) is 79.2 Å². The molecule has 6 nitrogen and oxygen atoms in total. The third-order valence-corrected chi connectivity index (χ3v) is 3.42. The normalized spacial score (nSPS) is 12.0. The van der Waals surface area contributed by atoms with Crippen LogP contribution in [-0.2, 0) is 13.6 Å². The summed E-state index contributed by atoms with van der Waals surface area (Å²) in [6.07, 6.45) is 2.38. The van der Waals surface area contributed by atoms with E-state index in [0.717, 1.165) is 6.07 Å². The molecular formula is C14H16ClFN4O2. The molecule has 1 aromatic carbocycles. The minimum atomic E-state index is -1.02. The van der Waals surface area contributed by atoms with Crippen molar-refractivity contribution in [2.45, 2.75) is 12.6 Å². The fourth-order valence-electron chi connectivity index (χ4n) is 1.82. The Morgan fingerprint density at radius 1 is 1.50 bits per heavy atom. The summed E-state index contributed by atoms with van der Waals surface area (Å²) < 4.78 is 15.1. The predicted molar refractivity (Wildman–Crippen MR) is 79.8 cm³/mol. The van der Waals surface area contributed by atoms with Crippen LogP contribution >= 0.6 is 11.6 Å². The first-order valence-corrected chi connectivity index (χ1v) is 6.96. The molecule has 118 valence electrons. The highest BCUT2D eigenvalue weighted by Gasteiger charge is 2.12. The summed E-state index contributed by atoms with van der Waals surface area (Å²) >= 11 is 5.57. The van der Waals surface area contributed by atoms with Crippen molar-refractivity contribution in [2.24, 2.45) is 7.05 Å². The molecule has 1 heterocycles. The minimum absolute atomic E-state index is 0.0169. The van der Waals surface area contributed by atoms with Gasteiger partial charge in [0.1, 0.15) is 11.6 Å². The molecule has 1 unspecified atom stereocenters. The van der Waals surface area contributed by atoms with E-state index < -0.39 is 18.0 Å². The van der Waals surface area contributed by atoms with E-state index in [2.05, 4.69) is 15.6 Å². The number of imidazole rings is 1. The van der Waals surface area contributed by atoms with Gasteiger partial charge in [0.15, 0.2) is 0 Å². The fourth-order valence-corrected chi connectivity index (χ4v) is 1.93. The molecule has 0 radical (unpaired) electrons. The van der Waals surface area contributed by atoms with E-state index in [4.69, 9.17) is 11.6 Å². The van der Waals surface area contributed by atoms with Gasteiger partial charge in [0, 0.05) is 26.0 Å². The number of aliphatic hydroxyl groups excluding tert-OH is 1. The second-order valence-corrected chi connectivity index (χ2v) is 5.11. The molecular weight excluding hydrogens is 311 g/mol. The van der Waals surface area contributed by atoms with Crippen LogP contribution in [0.4, 0.5) is 9.18 Å². The summed E-state index contributed by atoms with van der Waals surface area (Å²) in [5.74, 6) is 0.0907. The zero-order valence-corrected chi connectivity index (χ0v) is 12.6. The molecule has 2 rings (SSSR count). The Hall–Kier alpha value is -2.12. The van der Waals surface area contributed by atoms with E-state index in [1.165, 1.54) is 12.1 Å². The zero-order valence-electron chi connectivity index (χ0n) is 11.9. The van der Waals surface area contributed by atoms with Crippen LogP contribution in [0.5, 0.6) is 0 Å². The van der Waals surface area contributed by atoms with Crippen molar-refractivity contribution in [3.8, 4) is 0 Å². The molecule has 0 fully saturated rings. The van der Waals surface area contributed by atoms with Crippen LogP contribution in [0.3, 0.4) is 0 Å². The molecule has 3 N–H and O–H groups in total. The Morgan fingerprint density at radius 2 is 2.27 bits per heavy atom. The lowest BCUT2D eigenvalue weighted by atomic mass is 10.1. The molecule has 1 aromatic heterocycles. The number of aromatic nitrogens is 2. The van der Waals surface area contributed by atoms with E-state index in [9.17, 15) is 14.3 Å². The average Bonchev–Trinajstić information content (AvgIpc) is 2.90. The number of aryl methyl sites for hydroxylation is 1. The van der Waals surface area contributed by atoms with Crippen molar-refractivity contribution >= 4 is 17.6 Å². The van der Waals surface area contributed by atoms with Gasteiger partial charge >= 0.3 is 6.03 Å². The van der Waals surface area contributed by atoms with Crippen molar-refractivity contribution in [3.63, 3.8) is 0 Å². The molecule has 1 atom stereocenters. The van der Waals surface area contributed by atoms with Crippen molar-refractivity contribution < 1.29 is 14.3 Å². The number of amides is 2. The van der Waals surface area contributed by atoms with Gasteiger partial charge in [-0.3, -0.25) is 0 Å². The van der Waals surface area contributed by atoms with E-state index in [1.807, 2.05) is 7.05 Å². The van der Waals surface area contributed by atoms with Gasteiger partial charge in [-0.15, -0.1) is 0 Å². The molecule has 22 heavy (non-hydrogen) atoms. The molecule has 2 amide bonds. The highest BCUT2D eigenvalue weighted by atomic mass is 35.5. The van der Waals surface area contributed by atoms with Crippen LogP contribution in [0.15, 0.2) is 30.6 Å². The molecule has 0 spiro atoms. The van der Waals surface area contributed by atoms with Gasteiger partial charge in [-0.1, -0.05) is 17.7 Å². The number of rotatable bonds is 5. The fraction of sp³-hybridized carbons (Fsp3) is 0.286. The first kappa shape index (κ1) is 16.3. The van der Waals surface area contributed by atoms with Crippen LogP contribution in [0.25, 0.3) is 0 Å². The standard InChI is InChI=1S/C14H16ClFN4O2/c1-20-5-4-17-13(20)8-19-14(22)18-7-12(21)9-2-3-10(15)11(16)6-9/h2-6,12,21H,7-8H2,1H3,(H2,18,19,22). The van der Waals surface area contributed by atoms with Gasteiger partial charge in [0.25, 0.3) is 0 Å². The number of urea groups is 1. The maximum Gasteiger partial charge on any atom is 0.315 e. The molecule has 0 aliphatic carbocycles. The van der Waals surface area contributed by atoms with Gasteiger partial charge in [-0.2, -0.15) is 0 Å². The number of nitrogens with zero attached hydrogens (tertiary/aromatic N) is 2. The Kier molecular flexibility index (Phi) is 5.35. The summed E-state index contributed by atoms with van der Waals surface area (Å²) in [5.41, 5.74) is 0.339. The summed E-state index contributed by atoms with van der Waals surface area (Å²) in [7, 11) is 1.82. The second kappa shape index (κ2) is 7.24. The summed E-state index contributed by atoms with van der Waals surface area (Å²) in [6.45, 7) is 0.217. The maximum absolute atomic E-state index is 13.3. The first-order valence-electron chi connectivity index (χ1n) is 6.58. The smallest absolute Gasteiger partial charge is 0.315 e. The number of benzene rings is 1. The molecule has 0 aliphatic heterocycles. The SMILES string of the molecule is Cn1ccnc1CNC(=O)NCC(O)c1ccc(Cl)c(F)c1. The number of halogens is 2. The first-order chi connectivity index (χ1) is 10.5. The minimum Gasteiger partial charge on any atom is -0.387 e. The molecule has 2 aromatic rings. The van der Waals surface area contributed by atoms with Crippen LogP contribution in [-0.4, -0.2) is 27.2 Å². The Bertz CT molecular complexity index is 662. The van der Waals surface area contributed by atoms with Gasteiger partial charge in [0.2, 0.25) is 0 Å². The molecule has 0 bridgehead atoms. The van der Waals surface area contributed by atoms with Gasteiger partial charge in [0.05, 0.1) is 17.7 Å². The highest BCUT2D eigenvalue weighted by molar-refractivity contribution is 6.30. The lowest BCUT2D eigenvalue weighted by Gasteiger charge is -2.13. The second-order valence-electron chi connectivity index (χ2n) is 4.71. The predicted octanol–water partition coefficient (Wildman–Crippen LogP) is 1.75. The number of carbonyl (C=O) groups excluding carboxylic acids is 1. The van der Waals surface area contributed by atoms with Crippen LogP contribution < -0.4 is 10.6 Å². The van der Waals surface area contributed by atoms with Crippen LogP contribution in [0.2, 0.25) is 5.02 Å². The lowest BCUT2D eigenvalue weighted by molar-refractivity contribution is 0.172. The lowest BCUT2D eigenvalue weighted by Crippen LogP contribution is -2.37. The van der Waals surface area contributed by atoms with Gasteiger partial charge in [-0.25, -0.2) is 14.2 Å². The number of hydrogen-bond acceptors (Lipinski definition) is 3. The number of carbonyl (C=O) groups is 1. The Labute approximate surface area is 131 Å². The van der Waals surface area contributed by atoms with E-state index in [0.29, 0.717) is 11.4 Å². The number of aliphatic hydroxyl groups is 1. The third-order valence-electron chi connectivity index (χ3n) is 3.11. The van der Waals surface area contributed by atoms with Gasteiger partial charge in [-0.05, 0) is 17.7 Å². The van der Waals surface area contributed by atoms with Crippen molar-refractivity contribution in [1.29, 1.82) is 0 Å². The summed E-state index contributed by atoms with van der Waals surface area (Å²) in [4.78, 5) is 15.7.